The molecule has 1 amide bonds. The predicted octanol–water partition coefficient (Wildman–Crippen LogP) is 1.61. The van der Waals surface area contributed by atoms with E-state index in [0.717, 1.165) is 6.42 Å². The molecule has 3 fully saturated rings. The molecule has 0 saturated carbocycles. The van der Waals surface area contributed by atoms with Gasteiger partial charge in [0.25, 0.3) is 5.91 Å². The molecular weight excluding hydrogens is 367 g/mol. The Morgan fingerprint density at radius 1 is 1.36 bits per heavy atom. The molecule has 0 bridgehead atoms. The molecule has 3 atom stereocenters. The number of nitrogens with zero attached hydrogens (tertiary/aromatic N) is 2. The summed E-state index contributed by atoms with van der Waals surface area (Å²) < 4.78 is 43.0. The second-order valence-electron chi connectivity index (χ2n) is 6.38. The van der Waals surface area contributed by atoms with E-state index in [0.29, 0.717) is 23.9 Å². The van der Waals surface area contributed by atoms with Crippen LogP contribution in [0.2, 0.25) is 0 Å². The zero-order valence-electron chi connectivity index (χ0n) is 13.3. The van der Waals surface area contributed by atoms with E-state index in [1.165, 1.54) is 23.9 Å². The van der Waals surface area contributed by atoms with E-state index in [9.17, 15) is 17.6 Å². The fourth-order valence-corrected chi connectivity index (χ4v) is 7.35. The molecule has 9 heteroatoms. The summed E-state index contributed by atoms with van der Waals surface area (Å²) in [4.78, 5) is 18.2. The standard InChI is InChI=1S/C16H17FN2O4S2/c17-10-3-1-4-11(7-10)19-12-8-25(21,22)9-14(12)24-16(19)18-15(20)13-5-2-6-23-13/h1,3-4,7,12-14H,2,5-6,8-9H2/t12-,13+,14-/m1/s1. The number of thioether (sulfide) groups is 1. The van der Waals surface area contributed by atoms with Crippen LogP contribution in [0.1, 0.15) is 12.8 Å². The number of carbonyl (C=O) groups is 1. The van der Waals surface area contributed by atoms with Crippen LogP contribution in [0.5, 0.6) is 0 Å². The Morgan fingerprint density at radius 2 is 2.20 bits per heavy atom. The minimum absolute atomic E-state index is 0.0195. The molecule has 25 heavy (non-hydrogen) atoms. The van der Waals surface area contributed by atoms with Crippen LogP contribution < -0.4 is 4.90 Å². The summed E-state index contributed by atoms with van der Waals surface area (Å²) >= 11 is 1.28. The lowest BCUT2D eigenvalue weighted by atomic mass is 10.2. The normalized spacial score (nSPS) is 32.3. The lowest BCUT2D eigenvalue weighted by molar-refractivity contribution is -0.126. The molecule has 0 unspecified atom stereocenters. The Balaban J connectivity index is 1.69. The molecule has 0 aromatic heterocycles. The van der Waals surface area contributed by atoms with Crippen LogP contribution in [0.4, 0.5) is 10.1 Å². The summed E-state index contributed by atoms with van der Waals surface area (Å²) in [5.41, 5.74) is 0.510. The summed E-state index contributed by atoms with van der Waals surface area (Å²) in [6.45, 7) is 0.547. The second kappa shape index (κ2) is 6.37. The molecule has 1 aromatic rings. The maximum Gasteiger partial charge on any atom is 0.277 e. The van der Waals surface area contributed by atoms with Gasteiger partial charge in [-0.1, -0.05) is 17.8 Å². The molecule has 6 nitrogen and oxygen atoms in total. The van der Waals surface area contributed by atoms with E-state index in [4.69, 9.17) is 4.74 Å². The van der Waals surface area contributed by atoms with Crippen molar-refractivity contribution < 1.29 is 22.3 Å². The van der Waals surface area contributed by atoms with Gasteiger partial charge in [-0.3, -0.25) is 4.79 Å². The summed E-state index contributed by atoms with van der Waals surface area (Å²) in [7, 11) is -3.14. The highest BCUT2D eigenvalue weighted by Crippen LogP contribution is 2.41. The number of hydrogen-bond acceptors (Lipinski definition) is 5. The molecule has 3 aliphatic heterocycles. The van der Waals surface area contributed by atoms with E-state index in [1.807, 2.05) is 0 Å². The number of hydrogen-bond donors (Lipinski definition) is 0. The Labute approximate surface area is 149 Å². The zero-order valence-corrected chi connectivity index (χ0v) is 14.9. The van der Waals surface area contributed by atoms with E-state index in [2.05, 4.69) is 4.99 Å². The van der Waals surface area contributed by atoms with E-state index in [1.54, 1.807) is 17.0 Å². The van der Waals surface area contributed by atoms with Crippen molar-refractivity contribution >= 4 is 38.4 Å². The van der Waals surface area contributed by atoms with Crippen LogP contribution >= 0.6 is 11.8 Å². The Bertz CT molecular complexity index is 836. The average molecular weight is 384 g/mol. The van der Waals surface area contributed by atoms with Gasteiger partial charge in [0.1, 0.15) is 11.9 Å². The number of rotatable bonds is 2. The van der Waals surface area contributed by atoms with Gasteiger partial charge < -0.3 is 9.64 Å². The van der Waals surface area contributed by atoms with E-state index in [-0.39, 0.29) is 28.7 Å². The highest BCUT2D eigenvalue weighted by atomic mass is 32.2. The number of anilines is 1. The first kappa shape index (κ1) is 17.0. The number of benzene rings is 1. The zero-order chi connectivity index (χ0) is 17.6. The van der Waals surface area contributed by atoms with Gasteiger partial charge in [-0.25, -0.2) is 12.8 Å². The van der Waals surface area contributed by atoms with Gasteiger partial charge in [0.05, 0.1) is 17.5 Å². The van der Waals surface area contributed by atoms with Crippen LogP contribution in [0.3, 0.4) is 0 Å². The summed E-state index contributed by atoms with van der Waals surface area (Å²) in [5, 5.41) is 0.223. The molecule has 1 aromatic carbocycles. The van der Waals surface area contributed by atoms with Crippen LogP contribution in [0.15, 0.2) is 29.3 Å². The molecule has 134 valence electrons. The highest BCUT2D eigenvalue weighted by Gasteiger charge is 2.49. The van der Waals surface area contributed by atoms with Crippen molar-refractivity contribution in [1.29, 1.82) is 0 Å². The minimum Gasteiger partial charge on any atom is -0.368 e. The first-order valence-corrected chi connectivity index (χ1v) is 10.8. The monoisotopic (exact) mass is 384 g/mol. The van der Waals surface area contributed by atoms with Gasteiger partial charge >= 0.3 is 0 Å². The van der Waals surface area contributed by atoms with Gasteiger partial charge in [-0.05, 0) is 31.0 Å². The maximum atomic E-state index is 13.7. The lowest BCUT2D eigenvalue weighted by Crippen LogP contribution is -2.38. The molecule has 0 spiro atoms. The van der Waals surface area contributed by atoms with Crippen molar-refractivity contribution in [2.75, 3.05) is 23.0 Å². The van der Waals surface area contributed by atoms with Crippen LogP contribution in [0, 0.1) is 5.82 Å². The van der Waals surface area contributed by atoms with Gasteiger partial charge in [-0.2, -0.15) is 4.99 Å². The molecule has 3 heterocycles. The maximum absolute atomic E-state index is 13.7. The number of amidine groups is 1. The third kappa shape index (κ3) is 3.32. The number of fused-ring (bicyclic) bond motifs is 1. The fraction of sp³-hybridized carbons (Fsp3) is 0.500. The first-order chi connectivity index (χ1) is 11.9. The minimum atomic E-state index is -3.14. The summed E-state index contributed by atoms with van der Waals surface area (Å²) in [5.74, 6) is -0.754. The van der Waals surface area contributed by atoms with Crippen molar-refractivity contribution in [2.45, 2.75) is 30.2 Å². The predicted molar refractivity (Wildman–Crippen MR) is 94.1 cm³/mol. The lowest BCUT2D eigenvalue weighted by Gasteiger charge is -2.24. The Kier molecular flexibility index (Phi) is 4.33. The summed E-state index contributed by atoms with van der Waals surface area (Å²) in [6, 6.07) is 5.58. The van der Waals surface area contributed by atoms with Gasteiger partial charge in [-0.15, -0.1) is 0 Å². The third-order valence-corrected chi connectivity index (χ3v) is 7.77. The topological polar surface area (TPSA) is 76.0 Å². The van der Waals surface area contributed by atoms with Crippen LogP contribution in [0.25, 0.3) is 0 Å². The summed E-state index contributed by atoms with van der Waals surface area (Å²) in [6.07, 6.45) is 0.930. The van der Waals surface area contributed by atoms with E-state index >= 15 is 0 Å². The number of sulfone groups is 1. The number of halogens is 1. The van der Waals surface area contributed by atoms with E-state index < -0.39 is 21.8 Å². The molecule has 0 radical (unpaired) electrons. The molecule has 0 aliphatic carbocycles. The Morgan fingerprint density at radius 3 is 2.92 bits per heavy atom. The van der Waals surface area contributed by atoms with Gasteiger partial charge in [0.2, 0.25) is 0 Å². The second-order valence-corrected chi connectivity index (χ2v) is 9.74. The van der Waals surface area contributed by atoms with Gasteiger partial charge in [0, 0.05) is 17.5 Å². The fourth-order valence-electron chi connectivity index (χ4n) is 3.43. The SMILES string of the molecule is O=C(N=C1S[C@@H]2CS(=O)(=O)C[C@H]2N1c1cccc(F)c1)[C@@H]1CCCO1. The molecule has 0 N–H and O–H groups in total. The molecule has 3 aliphatic rings. The highest BCUT2D eigenvalue weighted by molar-refractivity contribution is 8.16. The van der Waals surface area contributed by atoms with Crippen LogP contribution in [-0.2, 0) is 19.4 Å². The first-order valence-electron chi connectivity index (χ1n) is 8.09. The van der Waals surface area contributed by atoms with Crippen molar-refractivity contribution in [3.8, 4) is 0 Å². The largest absolute Gasteiger partial charge is 0.368 e. The number of aliphatic imine (C=N–C) groups is 1. The quantitative estimate of drug-likeness (QED) is 0.771. The van der Waals surface area contributed by atoms with Crippen molar-refractivity contribution in [3.05, 3.63) is 30.1 Å². The molecule has 4 rings (SSSR count). The Hall–Kier alpha value is -1.45. The molecule has 3 saturated heterocycles. The smallest absolute Gasteiger partial charge is 0.277 e. The van der Waals surface area contributed by atoms with Crippen molar-refractivity contribution in [3.63, 3.8) is 0 Å². The van der Waals surface area contributed by atoms with Crippen LogP contribution in [-0.4, -0.2) is 55.0 Å². The molecular formula is C16H17FN2O4S2. The number of ether oxygens (including phenoxy) is 1. The third-order valence-electron chi connectivity index (χ3n) is 4.56. The number of carbonyl (C=O) groups excluding carboxylic acids is 1. The van der Waals surface area contributed by atoms with Gasteiger partial charge in [0.15, 0.2) is 15.0 Å². The van der Waals surface area contributed by atoms with Crippen molar-refractivity contribution in [2.24, 2.45) is 4.99 Å². The van der Waals surface area contributed by atoms with Crippen molar-refractivity contribution in [1.82, 2.24) is 0 Å². The average Bonchev–Trinajstić information content (AvgIpc) is 3.21. The number of amides is 1.